The average Bonchev–Trinajstić information content (AvgIpc) is 2.83. The quantitative estimate of drug-likeness (QED) is 0.108. The van der Waals surface area contributed by atoms with Crippen LogP contribution in [0.5, 0.6) is 0 Å². The van der Waals surface area contributed by atoms with Gasteiger partial charge in [0.25, 0.3) is 0 Å². The summed E-state index contributed by atoms with van der Waals surface area (Å²) in [6, 6.07) is 0.205. The van der Waals surface area contributed by atoms with Crippen molar-refractivity contribution in [1.82, 2.24) is 0 Å². The second-order valence-corrected chi connectivity index (χ2v) is 10.4. The smallest absolute Gasteiger partial charge is 0.455 e. The minimum atomic E-state index is -3.23. The van der Waals surface area contributed by atoms with Gasteiger partial charge in [0.2, 0.25) is 0 Å². The maximum absolute atomic E-state index is 12.6. The van der Waals surface area contributed by atoms with E-state index < -0.39 is 44.5 Å². The predicted octanol–water partition coefficient (Wildman–Crippen LogP) is 4.30. The van der Waals surface area contributed by atoms with E-state index in [-0.39, 0.29) is 30.9 Å². The molecule has 0 aliphatic heterocycles. The number of carbonyl (C=O) groups excluding carboxylic acids is 3. The van der Waals surface area contributed by atoms with Crippen molar-refractivity contribution in [3.05, 3.63) is 37.5 Å². The molecule has 0 fully saturated rings. The van der Waals surface area contributed by atoms with Crippen LogP contribution in [0, 0.1) is 0 Å². The molecule has 0 amide bonds. The predicted molar refractivity (Wildman–Crippen MR) is 134 cm³/mol. The summed E-state index contributed by atoms with van der Waals surface area (Å²) in [5.41, 5.74) is -1.42. The zero-order valence-electron chi connectivity index (χ0n) is 22.1. The lowest BCUT2D eigenvalue weighted by Gasteiger charge is -2.44. The molecule has 0 aromatic heterocycles. The molecule has 0 aromatic rings. The fraction of sp³-hybridized carbons (Fsp3) is 0.640. The van der Waals surface area contributed by atoms with E-state index in [4.69, 9.17) is 27.5 Å². The molecule has 0 saturated carbocycles. The molecule has 0 spiro atoms. The highest BCUT2D eigenvalue weighted by Gasteiger charge is 2.54. The molecular formula is C25H42O9Si. The molecule has 0 aromatic carbocycles. The molecule has 0 radical (unpaired) electrons. The lowest BCUT2D eigenvalue weighted by atomic mass is 9.83. The zero-order chi connectivity index (χ0) is 27.1. The van der Waals surface area contributed by atoms with Crippen LogP contribution in [0.4, 0.5) is 0 Å². The van der Waals surface area contributed by atoms with E-state index in [0.29, 0.717) is 19.8 Å². The van der Waals surface area contributed by atoms with Gasteiger partial charge in [-0.15, -0.1) is 0 Å². The van der Waals surface area contributed by atoms with Crippen LogP contribution in [0.3, 0.4) is 0 Å². The fourth-order valence-corrected chi connectivity index (χ4v) is 6.47. The van der Waals surface area contributed by atoms with Crippen molar-refractivity contribution >= 4 is 26.7 Å². The third kappa shape index (κ3) is 9.71. The third-order valence-electron chi connectivity index (χ3n) is 5.23. The van der Waals surface area contributed by atoms with Gasteiger partial charge in [0, 0.05) is 43.6 Å². The van der Waals surface area contributed by atoms with Gasteiger partial charge in [0.1, 0.15) is 12.2 Å². The summed E-state index contributed by atoms with van der Waals surface area (Å²) in [7, 11) is -3.23. The number of hydrogen-bond donors (Lipinski definition) is 0. The van der Waals surface area contributed by atoms with Crippen molar-refractivity contribution in [2.24, 2.45) is 0 Å². The summed E-state index contributed by atoms with van der Waals surface area (Å²) in [5, 5.41) is 0. The Morgan fingerprint density at radius 2 is 1.29 bits per heavy atom. The number of carbonyl (C=O) groups is 3. The SMILES string of the molecule is C=CC(=O)OC(CC)C(CC[Si](OCC)(OCC)OCC)(OC(=O)C=C)C(CC)OC(=O)C(=C)C. The van der Waals surface area contributed by atoms with Gasteiger partial charge in [0.05, 0.1) is 0 Å². The van der Waals surface area contributed by atoms with Gasteiger partial charge in [0.15, 0.2) is 5.60 Å². The Hall–Kier alpha value is -2.27. The van der Waals surface area contributed by atoms with Crippen LogP contribution >= 0.6 is 0 Å². The third-order valence-corrected chi connectivity index (χ3v) is 8.27. The van der Waals surface area contributed by atoms with E-state index in [0.717, 1.165) is 12.2 Å². The van der Waals surface area contributed by atoms with E-state index in [2.05, 4.69) is 19.7 Å². The second-order valence-electron chi connectivity index (χ2n) is 7.68. The van der Waals surface area contributed by atoms with Crippen LogP contribution in [0.25, 0.3) is 0 Å². The molecule has 0 aliphatic rings. The minimum Gasteiger partial charge on any atom is -0.455 e. The Morgan fingerprint density at radius 1 is 0.829 bits per heavy atom. The molecule has 0 aliphatic carbocycles. The Kier molecular flexibility index (Phi) is 15.3. The molecule has 10 heteroatoms. The molecule has 9 nitrogen and oxygen atoms in total. The molecule has 35 heavy (non-hydrogen) atoms. The molecule has 3 unspecified atom stereocenters. The largest absolute Gasteiger partial charge is 0.501 e. The first-order valence-corrected chi connectivity index (χ1v) is 13.9. The van der Waals surface area contributed by atoms with Gasteiger partial charge in [-0.1, -0.05) is 33.6 Å². The first-order valence-electron chi connectivity index (χ1n) is 12.0. The molecular weight excluding hydrogens is 472 g/mol. The van der Waals surface area contributed by atoms with Crippen molar-refractivity contribution in [2.75, 3.05) is 19.8 Å². The zero-order valence-corrected chi connectivity index (χ0v) is 23.1. The standard InChI is InChI=1S/C25H42O9Si/c1-10-20(32-22(26)12-3)25(34-23(27)13-4,21(11-2)33-24(28)19(8)9)17-18-35(29-14-5,30-15-6)31-16-7/h12-13,20-21H,3-4,8,10-11,14-18H2,1-2,5-7,9H3. The fourth-order valence-electron chi connectivity index (χ4n) is 3.77. The normalized spacial score (nSPS) is 14.7. The Bertz CT molecular complexity index is 719. The molecule has 0 bridgehead atoms. The maximum Gasteiger partial charge on any atom is 0.501 e. The summed E-state index contributed by atoms with van der Waals surface area (Å²) in [6.45, 7) is 22.1. The highest BCUT2D eigenvalue weighted by Crippen LogP contribution is 2.38. The number of esters is 3. The van der Waals surface area contributed by atoms with Gasteiger partial charge >= 0.3 is 26.7 Å². The molecule has 0 saturated heterocycles. The van der Waals surface area contributed by atoms with E-state index in [1.165, 1.54) is 6.92 Å². The van der Waals surface area contributed by atoms with Crippen LogP contribution in [0.2, 0.25) is 6.04 Å². The van der Waals surface area contributed by atoms with Crippen LogP contribution in [0.15, 0.2) is 37.5 Å². The molecule has 3 atom stereocenters. The lowest BCUT2D eigenvalue weighted by molar-refractivity contribution is -0.212. The van der Waals surface area contributed by atoms with Gasteiger partial charge in [-0.05, 0) is 47.0 Å². The minimum absolute atomic E-state index is 0.0592. The van der Waals surface area contributed by atoms with Crippen molar-refractivity contribution < 1.29 is 41.9 Å². The molecule has 0 rings (SSSR count). The monoisotopic (exact) mass is 514 g/mol. The van der Waals surface area contributed by atoms with Gasteiger partial charge in [-0.3, -0.25) is 0 Å². The Labute approximate surface area is 210 Å². The first-order chi connectivity index (χ1) is 16.5. The number of ether oxygens (including phenoxy) is 3. The Morgan fingerprint density at radius 3 is 1.66 bits per heavy atom. The highest BCUT2D eigenvalue weighted by atomic mass is 28.4. The van der Waals surface area contributed by atoms with Crippen molar-refractivity contribution in [1.29, 1.82) is 0 Å². The van der Waals surface area contributed by atoms with Crippen LogP contribution in [0.1, 0.15) is 60.8 Å². The summed E-state index contributed by atoms with van der Waals surface area (Å²) in [6.07, 6.45) is 0.594. The molecule has 0 N–H and O–H groups in total. The van der Waals surface area contributed by atoms with Crippen LogP contribution in [-0.2, 0) is 41.9 Å². The van der Waals surface area contributed by atoms with Gasteiger partial charge in [-0.2, -0.15) is 0 Å². The number of hydrogen-bond acceptors (Lipinski definition) is 9. The van der Waals surface area contributed by atoms with E-state index >= 15 is 0 Å². The summed E-state index contributed by atoms with van der Waals surface area (Å²) < 4.78 is 35.2. The summed E-state index contributed by atoms with van der Waals surface area (Å²) in [4.78, 5) is 37.4. The Balaban J connectivity index is 6.84. The van der Waals surface area contributed by atoms with E-state index in [9.17, 15) is 14.4 Å². The average molecular weight is 515 g/mol. The van der Waals surface area contributed by atoms with Crippen LogP contribution in [-0.4, -0.2) is 64.3 Å². The highest BCUT2D eigenvalue weighted by molar-refractivity contribution is 6.60. The van der Waals surface area contributed by atoms with Gasteiger partial charge < -0.3 is 27.5 Å². The summed E-state index contributed by atoms with van der Waals surface area (Å²) in [5.74, 6) is -2.14. The van der Waals surface area contributed by atoms with Gasteiger partial charge in [-0.25, -0.2) is 14.4 Å². The van der Waals surface area contributed by atoms with Crippen molar-refractivity contribution in [2.45, 2.75) is 84.7 Å². The first kappa shape index (κ1) is 32.7. The molecule has 200 valence electrons. The van der Waals surface area contributed by atoms with Crippen LogP contribution < -0.4 is 0 Å². The van der Waals surface area contributed by atoms with Crippen molar-refractivity contribution in [3.8, 4) is 0 Å². The van der Waals surface area contributed by atoms with E-state index in [1.54, 1.807) is 13.8 Å². The maximum atomic E-state index is 12.6. The number of rotatable bonds is 19. The second kappa shape index (κ2) is 16.4. The van der Waals surface area contributed by atoms with E-state index in [1.807, 2.05) is 20.8 Å². The molecule has 0 heterocycles. The topological polar surface area (TPSA) is 107 Å². The lowest BCUT2D eigenvalue weighted by Crippen LogP contribution is -2.59. The summed E-state index contributed by atoms with van der Waals surface area (Å²) >= 11 is 0. The van der Waals surface area contributed by atoms with Crippen molar-refractivity contribution in [3.63, 3.8) is 0 Å².